The first-order valence-corrected chi connectivity index (χ1v) is 12.9. The molecular formula is C26H30N4O5S. The van der Waals surface area contributed by atoms with Crippen molar-refractivity contribution in [2.45, 2.75) is 58.0 Å². The summed E-state index contributed by atoms with van der Waals surface area (Å²) in [4.78, 5) is 42.0. The Bertz CT molecular complexity index is 1470. The molecule has 0 saturated heterocycles. The number of nitrogens with zero attached hydrogens (tertiary/aromatic N) is 4. The molecule has 0 fully saturated rings. The quantitative estimate of drug-likeness (QED) is 0.183. The maximum absolute atomic E-state index is 13.0. The van der Waals surface area contributed by atoms with Crippen LogP contribution in [0.1, 0.15) is 34.1 Å². The summed E-state index contributed by atoms with van der Waals surface area (Å²) in [5.41, 5.74) is 1.41. The van der Waals surface area contributed by atoms with Gasteiger partial charge >= 0.3 is 12.1 Å². The number of rotatable bonds is 9. The van der Waals surface area contributed by atoms with Gasteiger partial charge in [0.2, 0.25) is 0 Å². The molecule has 190 valence electrons. The number of fused-ring (bicyclic) bond motifs is 2. The van der Waals surface area contributed by atoms with E-state index in [2.05, 4.69) is 4.57 Å². The molecule has 2 heterocycles. The molecule has 0 bridgehead atoms. The highest BCUT2D eigenvalue weighted by molar-refractivity contribution is 7.99. The van der Waals surface area contributed by atoms with E-state index in [0.29, 0.717) is 36.2 Å². The molecule has 0 saturated carbocycles. The highest BCUT2D eigenvalue weighted by Gasteiger charge is 2.25. The Labute approximate surface area is 213 Å². The fourth-order valence-corrected chi connectivity index (χ4v) is 5.22. The summed E-state index contributed by atoms with van der Waals surface area (Å²) in [7, 11) is 0. The molecule has 0 amide bonds. The van der Waals surface area contributed by atoms with Crippen molar-refractivity contribution < 1.29 is 19.1 Å². The van der Waals surface area contributed by atoms with Crippen molar-refractivity contribution in [2.75, 3.05) is 12.4 Å². The van der Waals surface area contributed by atoms with Crippen LogP contribution in [-0.2, 0) is 27.4 Å². The molecule has 2 aromatic heterocycles. The zero-order valence-corrected chi connectivity index (χ0v) is 21.7. The molecular weight excluding hydrogens is 480 g/mol. The zero-order valence-electron chi connectivity index (χ0n) is 20.9. The van der Waals surface area contributed by atoms with Crippen LogP contribution < -0.4 is 5.56 Å². The van der Waals surface area contributed by atoms with Gasteiger partial charge in [0.1, 0.15) is 5.60 Å². The van der Waals surface area contributed by atoms with E-state index in [1.54, 1.807) is 43.0 Å². The largest absolute Gasteiger partial charge is 0.458 e. The minimum atomic E-state index is -0.710. The maximum Gasteiger partial charge on any atom is 0.433 e. The van der Waals surface area contributed by atoms with Gasteiger partial charge in [0, 0.05) is 19.2 Å². The Morgan fingerprint density at radius 3 is 2.47 bits per heavy atom. The summed E-state index contributed by atoms with van der Waals surface area (Å²) in [5, 5.41) is 1.28. The van der Waals surface area contributed by atoms with Crippen LogP contribution in [0.4, 0.5) is 4.79 Å². The van der Waals surface area contributed by atoms with Crippen LogP contribution in [0.2, 0.25) is 0 Å². The fourth-order valence-electron chi connectivity index (χ4n) is 4.28. The van der Waals surface area contributed by atoms with E-state index in [9.17, 15) is 14.4 Å². The molecule has 4 aromatic rings. The van der Waals surface area contributed by atoms with Gasteiger partial charge in [-0.2, -0.15) is 4.68 Å². The monoisotopic (exact) mass is 510 g/mol. The third-order valence-corrected chi connectivity index (χ3v) is 6.67. The molecule has 9 nitrogen and oxygen atoms in total. The standard InChI is InChI=1S/C26H30N4O5S/c1-5-34-25(33)30-21-13-8-6-11-19(21)23(32)29(30)15-10-16-36-24-27-20-12-7-9-14-22(20)28(24)17-26(3,4)35-18(2)31/h6-9,11-14H,5,10,15-17H2,1-4H3. The minimum Gasteiger partial charge on any atom is -0.458 e. The van der Waals surface area contributed by atoms with E-state index < -0.39 is 11.7 Å². The lowest BCUT2D eigenvalue weighted by Crippen LogP contribution is -2.32. The molecule has 0 N–H and O–H groups in total. The summed E-state index contributed by atoms with van der Waals surface area (Å²) in [6.45, 7) is 7.90. The van der Waals surface area contributed by atoms with Gasteiger partial charge in [-0.1, -0.05) is 36.0 Å². The second-order valence-electron chi connectivity index (χ2n) is 8.98. The van der Waals surface area contributed by atoms with Crippen LogP contribution >= 0.6 is 11.8 Å². The number of ether oxygens (including phenoxy) is 2. The number of thioether (sulfide) groups is 1. The first kappa shape index (κ1) is 25.6. The Hall–Kier alpha value is -3.53. The first-order valence-electron chi connectivity index (χ1n) is 11.9. The number of esters is 1. The fraction of sp³-hybridized carbons (Fsp3) is 0.385. The van der Waals surface area contributed by atoms with Gasteiger partial charge in [-0.3, -0.25) is 9.59 Å². The van der Waals surface area contributed by atoms with Crippen LogP contribution in [0, 0.1) is 0 Å². The number of para-hydroxylation sites is 3. The number of carbonyl (C=O) groups is 2. The maximum atomic E-state index is 13.0. The summed E-state index contributed by atoms with van der Waals surface area (Å²) in [6.07, 6.45) is 0.0505. The number of benzene rings is 2. The van der Waals surface area contributed by atoms with Gasteiger partial charge < -0.3 is 14.0 Å². The molecule has 0 radical (unpaired) electrons. The first-order chi connectivity index (χ1) is 17.2. The van der Waals surface area contributed by atoms with Crippen molar-refractivity contribution in [3.05, 3.63) is 58.9 Å². The van der Waals surface area contributed by atoms with Crippen molar-refractivity contribution in [1.82, 2.24) is 18.9 Å². The lowest BCUT2D eigenvalue weighted by molar-refractivity contribution is -0.154. The van der Waals surface area contributed by atoms with E-state index >= 15 is 0 Å². The third-order valence-electron chi connectivity index (χ3n) is 5.60. The van der Waals surface area contributed by atoms with E-state index in [-0.39, 0.29) is 18.1 Å². The predicted molar refractivity (Wildman–Crippen MR) is 140 cm³/mol. The molecule has 4 rings (SSSR count). The molecule has 0 atom stereocenters. The number of hydrogen-bond donors (Lipinski definition) is 0. The molecule has 10 heteroatoms. The minimum absolute atomic E-state index is 0.218. The van der Waals surface area contributed by atoms with Crippen molar-refractivity contribution >= 4 is 45.8 Å². The second kappa shape index (κ2) is 10.6. The third kappa shape index (κ3) is 5.33. The number of hydrogen-bond acceptors (Lipinski definition) is 7. The topological polar surface area (TPSA) is 97.4 Å². The van der Waals surface area contributed by atoms with Gasteiger partial charge in [0.05, 0.1) is 35.1 Å². The zero-order chi connectivity index (χ0) is 25.9. The van der Waals surface area contributed by atoms with Gasteiger partial charge in [-0.05, 0) is 51.5 Å². The Kier molecular flexibility index (Phi) is 7.53. The van der Waals surface area contributed by atoms with Crippen LogP contribution in [0.3, 0.4) is 0 Å². The van der Waals surface area contributed by atoms with Gasteiger partial charge in [-0.25, -0.2) is 14.5 Å². The Morgan fingerprint density at radius 2 is 1.75 bits per heavy atom. The van der Waals surface area contributed by atoms with Gasteiger partial charge in [0.15, 0.2) is 5.16 Å². The van der Waals surface area contributed by atoms with Crippen molar-refractivity contribution in [1.29, 1.82) is 0 Å². The average Bonchev–Trinajstić information content (AvgIpc) is 3.30. The number of carbonyl (C=O) groups excluding carboxylic acids is 2. The van der Waals surface area contributed by atoms with Crippen LogP contribution in [0.25, 0.3) is 21.9 Å². The summed E-state index contributed by atoms with van der Waals surface area (Å²) >= 11 is 1.56. The van der Waals surface area contributed by atoms with Crippen LogP contribution in [0.15, 0.2) is 58.5 Å². The smallest absolute Gasteiger partial charge is 0.433 e. The highest BCUT2D eigenvalue weighted by Crippen LogP contribution is 2.27. The van der Waals surface area contributed by atoms with Crippen molar-refractivity contribution in [2.24, 2.45) is 0 Å². The predicted octanol–water partition coefficient (Wildman–Crippen LogP) is 4.68. The molecule has 0 aliphatic carbocycles. The summed E-state index contributed by atoms with van der Waals surface area (Å²) in [5.74, 6) is 0.328. The lowest BCUT2D eigenvalue weighted by atomic mass is 10.1. The van der Waals surface area contributed by atoms with Crippen LogP contribution in [-0.4, -0.2) is 48.9 Å². The van der Waals surface area contributed by atoms with E-state index in [0.717, 1.165) is 16.2 Å². The Balaban J connectivity index is 1.54. The second-order valence-corrected chi connectivity index (χ2v) is 10.0. The number of imidazole rings is 1. The molecule has 0 spiro atoms. The van der Waals surface area contributed by atoms with Gasteiger partial charge in [0.25, 0.3) is 5.56 Å². The van der Waals surface area contributed by atoms with E-state index in [1.807, 2.05) is 38.1 Å². The van der Waals surface area contributed by atoms with Crippen molar-refractivity contribution in [3.63, 3.8) is 0 Å². The number of aromatic nitrogens is 4. The molecule has 0 aliphatic heterocycles. The molecule has 2 aromatic carbocycles. The SMILES string of the molecule is CCOC(=O)n1c2ccccc2c(=O)n1CCCSc1nc2ccccc2n1CC(C)(C)OC(C)=O. The van der Waals surface area contributed by atoms with E-state index in [4.69, 9.17) is 14.5 Å². The molecule has 0 unspecified atom stereocenters. The highest BCUT2D eigenvalue weighted by atomic mass is 32.2. The lowest BCUT2D eigenvalue weighted by Gasteiger charge is -2.26. The molecule has 36 heavy (non-hydrogen) atoms. The average molecular weight is 511 g/mol. The normalized spacial score (nSPS) is 11.8. The van der Waals surface area contributed by atoms with Gasteiger partial charge in [-0.15, -0.1) is 0 Å². The van der Waals surface area contributed by atoms with Crippen molar-refractivity contribution in [3.8, 4) is 0 Å². The van der Waals surface area contributed by atoms with Crippen LogP contribution in [0.5, 0.6) is 0 Å². The Morgan fingerprint density at radius 1 is 1.06 bits per heavy atom. The van der Waals surface area contributed by atoms with E-state index in [1.165, 1.54) is 16.3 Å². The summed E-state index contributed by atoms with van der Waals surface area (Å²) < 4.78 is 15.5. The summed E-state index contributed by atoms with van der Waals surface area (Å²) in [6, 6.07) is 14.9. The molecule has 0 aliphatic rings.